The maximum absolute atomic E-state index is 11.9. The second-order valence-corrected chi connectivity index (χ2v) is 8.81. The standard InChI is InChI=1S/C29H41NO4/c1-2-3-4-5-6-7-8-9-10-11-13-24-16-22-27(23-17-24)34-29(33)15-12-14-28(32)30-25-18-20-26(31)21-19-25/h12,15-23,29,31,33H,2-11,13-14H2,1H3,(H,30,32). The predicted octanol–water partition coefficient (Wildman–Crippen LogP) is 7.14. The molecule has 1 unspecified atom stereocenters. The number of phenolic OH excluding ortho intramolecular Hbond substituents is 1. The number of carbonyl (C=O) groups is 1. The van der Waals surface area contributed by atoms with E-state index in [9.17, 15) is 15.0 Å². The van der Waals surface area contributed by atoms with Crippen LogP contribution in [0.5, 0.6) is 11.5 Å². The Hall–Kier alpha value is -2.79. The van der Waals surface area contributed by atoms with Gasteiger partial charge in [0.2, 0.25) is 12.2 Å². The largest absolute Gasteiger partial charge is 0.508 e. The molecule has 1 atom stereocenters. The molecular weight excluding hydrogens is 426 g/mol. The van der Waals surface area contributed by atoms with Crippen molar-refractivity contribution in [2.45, 2.75) is 90.3 Å². The topological polar surface area (TPSA) is 78.8 Å². The predicted molar refractivity (Wildman–Crippen MR) is 139 cm³/mol. The van der Waals surface area contributed by atoms with E-state index >= 15 is 0 Å². The number of ether oxygens (including phenoxy) is 1. The molecule has 0 saturated carbocycles. The number of aromatic hydroxyl groups is 1. The van der Waals surface area contributed by atoms with Crippen LogP contribution >= 0.6 is 0 Å². The van der Waals surface area contributed by atoms with Crippen LogP contribution in [0.15, 0.2) is 60.7 Å². The minimum atomic E-state index is -1.12. The molecule has 186 valence electrons. The number of hydrogen-bond donors (Lipinski definition) is 3. The van der Waals surface area contributed by atoms with E-state index in [1.165, 1.54) is 88.0 Å². The molecule has 0 fully saturated rings. The Morgan fingerprint density at radius 1 is 0.882 bits per heavy atom. The zero-order valence-corrected chi connectivity index (χ0v) is 20.5. The van der Waals surface area contributed by atoms with E-state index in [0.717, 1.165) is 6.42 Å². The Balaban J connectivity index is 1.56. The maximum Gasteiger partial charge on any atom is 0.228 e. The SMILES string of the molecule is CCCCCCCCCCCCc1ccc(OC(O)C=CCC(=O)Nc2ccc(O)cc2)cc1. The fourth-order valence-corrected chi connectivity index (χ4v) is 3.78. The summed E-state index contributed by atoms with van der Waals surface area (Å²) in [5, 5.41) is 22.0. The smallest absolute Gasteiger partial charge is 0.228 e. The molecule has 0 radical (unpaired) electrons. The zero-order valence-electron chi connectivity index (χ0n) is 20.5. The first-order chi connectivity index (χ1) is 16.6. The summed E-state index contributed by atoms with van der Waals surface area (Å²) in [4.78, 5) is 11.9. The van der Waals surface area contributed by atoms with E-state index in [-0.39, 0.29) is 18.1 Å². The third-order valence-corrected chi connectivity index (χ3v) is 5.75. The van der Waals surface area contributed by atoms with Gasteiger partial charge in [-0.25, -0.2) is 0 Å². The van der Waals surface area contributed by atoms with E-state index in [1.807, 2.05) is 24.3 Å². The summed E-state index contributed by atoms with van der Waals surface area (Å²) in [5.74, 6) is 0.521. The molecule has 2 rings (SSSR count). The number of aliphatic hydroxyl groups is 1. The van der Waals surface area contributed by atoms with Gasteiger partial charge in [0, 0.05) is 12.1 Å². The monoisotopic (exact) mass is 467 g/mol. The van der Waals surface area contributed by atoms with Crippen LogP contribution in [0.3, 0.4) is 0 Å². The van der Waals surface area contributed by atoms with Crippen LogP contribution in [0.25, 0.3) is 0 Å². The molecule has 0 spiro atoms. The normalized spacial score (nSPS) is 12.1. The molecule has 2 aromatic rings. The fourth-order valence-electron chi connectivity index (χ4n) is 3.78. The molecule has 0 aliphatic rings. The number of carbonyl (C=O) groups excluding carboxylic acids is 1. The highest BCUT2D eigenvalue weighted by atomic mass is 16.6. The average Bonchev–Trinajstić information content (AvgIpc) is 2.83. The number of unbranched alkanes of at least 4 members (excludes halogenated alkanes) is 9. The van der Waals surface area contributed by atoms with Gasteiger partial charge in [-0.3, -0.25) is 4.79 Å². The number of nitrogens with one attached hydrogen (secondary N) is 1. The van der Waals surface area contributed by atoms with Crippen LogP contribution in [0.1, 0.15) is 83.1 Å². The van der Waals surface area contributed by atoms with Gasteiger partial charge in [0.25, 0.3) is 0 Å². The number of amides is 1. The van der Waals surface area contributed by atoms with Crippen molar-refractivity contribution in [1.29, 1.82) is 0 Å². The Labute approximate surface area is 204 Å². The van der Waals surface area contributed by atoms with Crippen LogP contribution in [-0.4, -0.2) is 22.4 Å². The second-order valence-electron chi connectivity index (χ2n) is 8.81. The van der Waals surface area contributed by atoms with Crippen molar-refractivity contribution in [2.24, 2.45) is 0 Å². The molecule has 0 saturated heterocycles. The van der Waals surface area contributed by atoms with Crippen molar-refractivity contribution >= 4 is 11.6 Å². The minimum Gasteiger partial charge on any atom is -0.508 e. The van der Waals surface area contributed by atoms with Crippen molar-refractivity contribution in [3.8, 4) is 11.5 Å². The Bertz CT molecular complexity index is 830. The molecule has 34 heavy (non-hydrogen) atoms. The van der Waals surface area contributed by atoms with Crippen LogP contribution < -0.4 is 10.1 Å². The first-order valence-electron chi connectivity index (χ1n) is 12.8. The quantitative estimate of drug-likeness (QED) is 0.1000. The first kappa shape index (κ1) is 27.5. The van der Waals surface area contributed by atoms with Crippen LogP contribution in [0, 0.1) is 0 Å². The maximum atomic E-state index is 11.9. The van der Waals surface area contributed by atoms with Crippen LogP contribution in [0.4, 0.5) is 5.69 Å². The van der Waals surface area contributed by atoms with E-state index in [1.54, 1.807) is 18.2 Å². The molecule has 0 bridgehead atoms. The third kappa shape index (κ3) is 12.4. The number of anilines is 1. The second kappa shape index (κ2) is 16.8. The van der Waals surface area contributed by atoms with Gasteiger partial charge in [0.1, 0.15) is 11.5 Å². The molecule has 5 heteroatoms. The number of hydrogen-bond acceptors (Lipinski definition) is 4. The van der Waals surface area contributed by atoms with Crippen molar-refractivity contribution in [3.63, 3.8) is 0 Å². The summed E-state index contributed by atoms with van der Waals surface area (Å²) >= 11 is 0. The Kier molecular flexibility index (Phi) is 13.5. The summed E-state index contributed by atoms with van der Waals surface area (Å²) < 4.78 is 5.50. The van der Waals surface area contributed by atoms with Crippen LogP contribution in [-0.2, 0) is 11.2 Å². The molecule has 0 aliphatic carbocycles. The lowest BCUT2D eigenvalue weighted by Gasteiger charge is -2.10. The van der Waals surface area contributed by atoms with Gasteiger partial charge in [-0.2, -0.15) is 0 Å². The lowest BCUT2D eigenvalue weighted by atomic mass is 10.0. The zero-order chi connectivity index (χ0) is 24.4. The van der Waals surface area contributed by atoms with Gasteiger partial charge in [-0.05, 0) is 60.9 Å². The van der Waals surface area contributed by atoms with E-state index < -0.39 is 6.29 Å². The number of rotatable bonds is 17. The molecular formula is C29H41NO4. The van der Waals surface area contributed by atoms with Crippen LogP contribution in [0.2, 0.25) is 0 Å². The summed E-state index contributed by atoms with van der Waals surface area (Å²) in [7, 11) is 0. The highest BCUT2D eigenvalue weighted by Gasteiger charge is 2.04. The summed E-state index contributed by atoms with van der Waals surface area (Å²) in [6.07, 6.45) is 16.5. The number of aryl methyl sites for hydroxylation is 1. The van der Waals surface area contributed by atoms with E-state index in [0.29, 0.717) is 11.4 Å². The highest BCUT2D eigenvalue weighted by molar-refractivity contribution is 5.91. The Morgan fingerprint density at radius 3 is 2.09 bits per heavy atom. The van der Waals surface area contributed by atoms with Crippen molar-refractivity contribution in [1.82, 2.24) is 0 Å². The van der Waals surface area contributed by atoms with Crippen molar-refractivity contribution < 1.29 is 19.7 Å². The third-order valence-electron chi connectivity index (χ3n) is 5.75. The fraction of sp³-hybridized carbons (Fsp3) is 0.483. The summed E-state index contributed by atoms with van der Waals surface area (Å²) in [6, 6.07) is 14.1. The number of aliphatic hydroxyl groups excluding tert-OH is 1. The van der Waals surface area contributed by atoms with Gasteiger partial charge in [-0.1, -0.05) is 82.9 Å². The summed E-state index contributed by atoms with van der Waals surface area (Å²) in [6.45, 7) is 2.26. The molecule has 0 aromatic heterocycles. The number of phenols is 1. The highest BCUT2D eigenvalue weighted by Crippen LogP contribution is 2.17. The summed E-state index contributed by atoms with van der Waals surface area (Å²) in [5.41, 5.74) is 1.88. The van der Waals surface area contributed by atoms with Gasteiger partial charge in [-0.15, -0.1) is 0 Å². The Morgan fingerprint density at radius 2 is 1.47 bits per heavy atom. The van der Waals surface area contributed by atoms with Crippen molar-refractivity contribution in [3.05, 3.63) is 66.2 Å². The lowest BCUT2D eigenvalue weighted by molar-refractivity contribution is -0.115. The molecule has 0 aliphatic heterocycles. The van der Waals surface area contributed by atoms with E-state index in [4.69, 9.17) is 4.74 Å². The molecule has 2 aromatic carbocycles. The van der Waals surface area contributed by atoms with Crippen molar-refractivity contribution in [2.75, 3.05) is 5.32 Å². The molecule has 0 heterocycles. The number of benzene rings is 2. The van der Waals surface area contributed by atoms with Gasteiger partial charge >= 0.3 is 0 Å². The molecule has 1 amide bonds. The first-order valence-corrected chi connectivity index (χ1v) is 12.8. The van der Waals surface area contributed by atoms with E-state index in [2.05, 4.69) is 12.2 Å². The van der Waals surface area contributed by atoms with Gasteiger partial charge in [0.15, 0.2) is 0 Å². The van der Waals surface area contributed by atoms with Gasteiger partial charge < -0.3 is 20.3 Å². The average molecular weight is 468 g/mol. The molecule has 5 nitrogen and oxygen atoms in total. The minimum absolute atomic E-state index is 0.110. The van der Waals surface area contributed by atoms with Gasteiger partial charge in [0.05, 0.1) is 0 Å². The molecule has 3 N–H and O–H groups in total. The lowest BCUT2D eigenvalue weighted by Crippen LogP contribution is -2.13.